The number of hydrogen-bond acceptors (Lipinski definition) is 4. The molecular weight excluding hydrogens is 338 g/mol. The number of rotatable bonds is 7. The lowest BCUT2D eigenvalue weighted by Gasteiger charge is -2.39. The maximum Gasteiger partial charge on any atom is 0.248 e. The Morgan fingerprint density at radius 2 is 2.00 bits per heavy atom. The number of piperidine rings is 1. The van der Waals surface area contributed by atoms with E-state index in [-0.39, 0.29) is 5.91 Å². The van der Waals surface area contributed by atoms with Gasteiger partial charge in [-0.3, -0.25) is 14.4 Å². The molecule has 2 aliphatic rings. The molecule has 6 nitrogen and oxygen atoms in total. The summed E-state index contributed by atoms with van der Waals surface area (Å²) in [5.74, 6) is 0.188. The predicted molar refractivity (Wildman–Crippen MR) is 104 cm³/mol. The summed E-state index contributed by atoms with van der Waals surface area (Å²) in [4.78, 5) is 14.2. The Bertz CT molecular complexity index is 787. The third-order valence-corrected chi connectivity index (χ3v) is 6.21. The molecule has 0 spiro atoms. The highest BCUT2D eigenvalue weighted by Crippen LogP contribution is 2.43. The van der Waals surface area contributed by atoms with Crippen molar-refractivity contribution in [3.05, 3.63) is 47.3 Å². The average molecular weight is 367 g/mol. The van der Waals surface area contributed by atoms with Crippen LogP contribution in [0.15, 0.2) is 30.5 Å². The van der Waals surface area contributed by atoms with Gasteiger partial charge in [-0.2, -0.15) is 0 Å². The molecule has 2 bridgehead atoms. The van der Waals surface area contributed by atoms with Gasteiger partial charge in [0.05, 0.1) is 12.2 Å². The number of nitrogens with two attached hydrogens (primary N) is 1. The Morgan fingerprint density at radius 3 is 2.70 bits per heavy atom. The number of hydrogen-bond donors (Lipinski definition) is 1. The Morgan fingerprint density at radius 1 is 1.22 bits per heavy atom. The van der Waals surface area contributed by atoms with Gasteiger partial charge >= 0.3 is 0 Å². The first-order valence-corrected chi connectivity index (χ1v) is 10.2. The minimum atomic E-state index is -0.340. The van der Waals surface area contributed by atoms with Crippen LogP contribution in [0.2, 0.25) is 0 Å². The third kappa shape index (κ3) is 3.90. The van der Waals surface area contributed by atoms with Crippen LogP contribution in [-0.2, 0) is 13.0 Å². The van der Waals surface area contributed by atoms with Crippen LogP contribution >= 0.6 is 0 Å². The summed E-state index contributed by atoms with van der Waals surface area (Å²) in [6.45, 7) is 4.11. The monoisotopic (exact) mass is 367 g/mol. The second-order valence-electron chi connectivity index (χ2n) is 8.00. The van der Waals surface area contributed by atoms with Gasteiger partial charge < -0.3 is 5.73 Å². The molecule has 144 valence electrons. The van der Waals surface area contributed by atoms with E-state index in [9.17, 15) is 4.79 Å². The minimum Gasteiger partial charge on any atom is -0.366 e. The summed E-state index contributed by atoms with van der Waals surface area (Å²) in [7, 11) is 0. The number of carbonyl (C=O) groups excluding carboxylic acids is 1. The van der Waals surface area contributed by atoms with Gasteiger partial charge in [0.2, 0.25) is 5.91 Å². The zero-order valence-corrected chi connectivity index (χ0v) is 16.1. The molecule has 2 unspecified atom stereocenters. The lowest BCUT2D eigenvalue weighted by atomic mass is 9.84. The Labute approximate surface area is 160 Å². The molecule has 27 heavy (non-hydrogen) atoms. The summed E-state index contributed by atoms with van der Waals surface area (Å²) in [6.07, 6.45) is 9.07. The maximum absolute atomic E-state index is 11.5. The molecule has 2 aliphatic heterocycles. The lowest BCUT2D eigenvalue weighted by Crippen LogP contribution is -2.43. The Balaban J connectivity index is 1.38. The fraction of sp³-hybridized carbons (Fsp3) is 0.571. The quantitative estimate of drug-likeness (QED) is 0.816. The molecule has 1 aromatic carbocycles. The SMILES string of the molecule is CCCc1cn(CCN2C3CCC2CC(c2cccc(C(N)=O)c2)C3)nn1. The first-order valence-electron chi connectivity index (χ1n) is 10.2. The van der Waals surface area contributed by atoms with Crippen molar-refractivity contribution >= 4 is 5.91 Å². The molecule has 2 N–H and O–H groups in total. The van der Waals surface area contributed by atoms with Crippen LogP contribution in [0.25, 0.3) is 0 Å². The van der Waals surface area contributed by atoms with E-state index in [1.165, 1.54) is 18.4 Å². The fourth-order valence-electron chi connectivity index (χ4n) is 4.89. The van der Waals surface area contributed by atoms with Crippen molar-refractivity contribution in [3.8, 4) is 0 Å². The number of primary amides is 1. The number of carbonyl (C=O) groups is 1. The molecule has 0 aliphatic carbocycles. The Hall–Kier alpha value is -2.21. The normalized spacial score (nSPS) is 25.0. The van der Waals surface area contributed by atoms with Crippen LogP contribution < -0.4 is 5.73 Å². The molecular formula is C21H29N5O. The molecule has 6 heteroatoms. The highest BCUT2D eigenvalue weighted by molar-refractivity contribution is 5.92. The molecule has 4 rings (SSSR count). The number of fused-ring (bicyclic) bond motifs is 2. The van der Waals surface area contributed by atoms with E-state index in [4.69, 9.17) is 5.73 Å². The topological polar surface area (TPSA) is 77.0 Å². The van der Waals surface area contributed by atoms with E-state index < -0.39 is 0 Å². The van der Waals surface area contributed by atoms with Crippen LogP contribution in [0.3, 0.4) is 0 Å². The molecule has 2 aromatic rings. The van der Waals surface area contributed by atoms with E-state index in [1.54, 1.807) is 6.07 Å². The third-order valence-electron chi connectivity index (χ3n) is 6.21. The number of aryl methyl sites for hydroxylation is 1. The van der Waals surface area contributed by atoms with Crippen molar-refractivity contribution in [1.82, 2.24) is 19.9 Å². The van der Waals surface area contributed by atoms with Crippen molar-refractivity contribution in [2.24, 2.45) is 5.73 Å². The van der Waals surface area contributed by atoms with Crippen molar-refractivity contribution in [2.75, 3.05) is 6.54 Å². The molecule has 0 radical (unpaired) electrons. The number of nitrogens with zero attached hydrogens (tertiary/aromatic N) is 4. The smallest absolute Gasteiger partial charge is 0.248 e. The average Bonchev–Trinajstić information content (AvgIpc) is 3.21. The number of amides is 1. The van der Waals surface area contributed by atoms with Crippen molar-refractivity contribution < 1.29 is 4.79 Å². The van der Waals surface area contributed by atoms with Gasteiger partial charge in [0.15, 0.2) is 0 Å². The van der Waals surface area contributed by atoms with E-state index in [0.29, 0.717) is 23.6 Å². The van der Waals surface area contributed by atoms with E-state index in [0.717, 1.165) is 44.5 Å². The maximum atomic E-state index is 11.5. The largest absolute Gasteiger partial charge is 0.366 e. The highest BCUT2D eigenvalue weighted by Gasteiger charge is 2.40. The molecule has 1 amide bonds. The van der Waals surface area contributed by atoms with Gasteiger partial charge in [0, 0.05) is 30.4 Å². The summed E-state index contributed by atoms with van der Waals surface area (Å²) in [6, 6.07) is 9.17. The molecule has 3 heterocycles. The van der Waals surface area contributed by atoms with Gasteiger partial charge in [0.25, 0.3) is 0 Å². The lowest BCUT2D eigenvalue weighted by molar-refractivity contribution is 0.1000. The first kappa shape index (κ1) is 18.2. The van der Waals surface area contributed by atoms with Crippen LogP contribution in [-0.4, -0.2) is 44.4 Å². The summed E-state index contributed by atoms with van der Waals surface area (Å²) < 4.78 is 1.99. The summed E-state index contributed by atoms with van der Waals surface area (Å²) in [5, 5.41) is 8.53. The van der Waals surface area contributed by atoms with Crippen LogP contribution in [0.5, 0.6) is 0 Å². The fourth-order valence-corrected chi connectivity index (χ4v) is 4.89. The molecule has 1 aromatic heterocycles. The van der Waals surface area contributed by atoms with Crippen molar-refractivity contribution in [2.45, 2.75) is 70.0 Å². The zero-order valence-electron chi connectivity index (χ0n) is 16.1. The second-order valence-corrected chi connectivity index (χ2v) is 8.00. The molecule has 2 fully saturated rings. The predicted octanol–water partition coefficient (Wildman–Crippen LogP) is 2.74. The Kier molecular flexibility index (Phi) is 5.25. The van der Waals surface area contributed by atoms with E-state index in [2.05, 4.69) is 34.4 Å². The molecule has 0 saturated carbocycles. The highest BCUT2D eigenvalue weighted by atomic mass is 16.1. The van der Waals surface area contributed by atoms with Gasteiger partial charge in [-0.1, -0.05) is 30.7 Å². The molecule has 2 atom stereocenters. The minimum absolute atomic E-state index is 0.340. The number of benzene rings is 1. The van der Waals surface area contributed by atoms with Gasteiger partial charge in [-0.15, -0.1) is 5.10 Å². The van der Waals surface area contributed by atoms with Crippen molar-refractivity contribution in [1.29, 1.82) is 0 Å². The van der Waals surface area contributed by atoms with Crippen LogP contribution in [0.1, 0.15) is 66.6 Å². The van der Waals surface area contributed by atoms with Crippen molar-refractivity contribution in [3.63, 3.8) is 0 Å². The van der Waals surface area contributed by atoms with E-state index in [1.807, 2.05) is 16.8 Å². The van der Waals surface area contributed by atoms with Gasteiger partial charge in [-0.25, -0.2) is 0 Å². The van der Waals surface area contributed by atoms with Crippen LogP contribution in [0.4, 0.5) is 0 Å². The zero-order chi connectivity index (χ0) is 18.8. The molecule has 2 saturated heterocycles. The second kappa shape index (κ2) is 7.80. The first-order chi connectivity index (χ1) is 13.1. The van der Waals surface area contributed by atoms with Gasteiger partial charge in [-0.05, 0) is 55.7 Å². The number of aromatic nitrogens is 3. The van der Waals surface area contributed by atoms with Gasteiger partial charge in [0.1, 0.15) is 0 Å². The summed E-state index contributed by atoms with van der Waals surface area (Å²) in [5.41, 5.74) is 8.44. The van der Waals surface area contributed by atoms with E-state index >= 15 is 0 Å². The summed E-state index contributed by atoms with van der Waals surface area (Å²) >= 11 is 0. The van der Waals surface area contributed by atoms with Crippen LogP contribution in [0, 0.1) is 0 Å². The standard InChI is InChI=1S/C21H29N5O/c1-2-4-18-14-25(24-23-18)9-10-26-19-7-8-20(26)13-17(12-19)15-5-3-6-16(11-15)21(22)27/h3,5-6,11,14,17,19-20H,2,4,7-10,12-13H2,1H3,(H2,22,27).